The van der Waals surface area contributed by atoms with Crippen LogP contribution in [0.2, 0.25) is 5.02 Å². The monoisotopic (exact) mass is 271 g/mol. The van der Waals surface area contributed by atoms with Crippen LogP contribution in [-0.2, 0) is 4.74 Å². The number of halogens is 1. The smallest absolute Gasteiger partial charge is 0.251 e. The number of amides is 1. The minimum atomic E-state index is -0.558. The molecule has 18 heavy (non-hydrogen) atoms. The predicted molar refractivity (Wildman–Crippen MR) is 71.0 cm³/mol. The lowest BCUT2D eigenvalue weighted by Crippen LogP contribution is -2.28. The Hall–Kier alpha value is -1.10. The zero-order chi connectivity index (χ0) is 13.5. The van der Waals surface area contributed by atoms with Gasteiger partial charge in [-0.2, -0.15) is 0 Å². The molecular weight excluding hydrogens is 254 g/mol. The van der Waals surface area contributed by atoms with Gasteiger partial charge in [-0.05, 0) is 31.0 Å². The Balaban J connectivity index is 2.43. The van der Waals surface area contributed by atoms with Gasteiger partial charge in [0, 0.05) is 24.2 Å². The van der Waals surface area contributed by atoms with Crippen LogP contribution in [0.25, 0.3) is 0 Å². The first kappa shape index (κ1) is 15.0. The van der Waals surface area contributed by atoms with Gasteiger partial charge in [0.2, 0.25) is 0 Å². The lowest BCUT2D eigenvalue weighted by atomic mass is 10.1. The second kappa shape index (κ2) is 7.36. The van der Waals surface area contributed by atoms with Crippen molar-refractivity contribution >= 4 is 17.5 Å². The van der Waals surface area contributed by atoms with Crippen molar-refractivity contribution < 1.29 is 14.6 Å². The molecule has 1 aromatic rings. The average Bonchev–Trinajstić information content (AvgIpc) is 2.33. The van der Waals surface area contributed by atoms with Crippen LogP contribution >= 0.6 is 11.6 Å². The summed E-state index contributed by atoms with van der Waals surface area (Å²) < 4.78 is 4.79. The van der Waals surface area contributed by atoms with Crippen molar-refractivity contribution in [3.8, 4) is 0 Å². The molecule has 4 nitrogen and oxygen atoms in total. The maximum atomic E-state index is 11.8. The summed E-state index contributed by atoms with van der Waals surface area (Å²) in [4.78, 5) is 11.8. The number of hydrogen-bond donors (Lipinski definition) is 2. The Bertz CT molecular complexity index is 409. The number of ether oxygens (including phenoxy) is 1. The summed E-state index contributed by atoms with van der Waals surface area (Å²) in [5.41, 5.74) is 1.45. The van der Waals surface area contributed by atoms with Crippen LogP contribution in [-0.4, -0.2) is 37.4 Å². The number of aliphatic hydroxyl groups is 1. The van der Waals surface area contributed by atoms with Gasteiger partial charge >= 0.3 is 0 Å². The van der Waals surface area contributed by atoms with Gasteiger partial charge in [-0.1, -0.05) is 17.7 Å². The number of nitrogens with one attached hydrogen (secondary N) is 1. The fraction of sp³-hybridized carbons (Fsp3) is 0.462. The topological polar surface area (TPSA) is 58.6 Å². The molecule has 0 aliphatic rings. The molecule has 0 heterocycles. The van der Waals surface area contributed by atoms with Gasteiger partial charge in [0.1, 0.15) is 0 Å². The first-order chi connectivity index (χ1) is 8.54. The molecule has 0 saturated heterocycles. The predicted octanol–water partition coefficient (Wildman–Crippen LogP) is 1.78. The number of carbonyl (C=O) groups excluding carboxylic acids is 1. The molecule has 2 N–H and O–H groups in total. The van der Waals surface area contributed by atoms with Crippen molar-refractivity contribution in [3.63, 3.8) is 0 Å². The van der Waals surface area contributed by atoms with Crippen LogP contribution in [0, 0.1) is 6.92 Å². The molecule has 0 bridgehead atoms. The molecule has 0 saturated carbocycles. The molecule has 0 spiro atoms. The molecule has 1 aromatic carbocycles. The third kappa shape index (κ3) is 4.64. The SMILES string of the molecule is COCC(O)CCNC(=O)c1ccc(C)c(Cl)c1. The number of aliphatic hydroxyl groups excluding tert-OH is 1. The number of methoxy groups -OCH3 is 1. The van der Waals surface area contributed by atoms with E-state index in [-0.39, 0.29) is 12.5 Å². The van der Waals surface area contributed by atoms with E-state index in [4.69, 9.17) is 16.3 Å². The first-order valence-corrected chi connectivity index (χ1v) is 6.13. The zero-order valence-electron chi connectivity index (χ0n) is 10.6. The second-order valence-electron chi connectivity index (χ2n) is 4.12. The van der Waals surface area contributed by atoms with E-state index in [2.05, 4.69) is 5.32 Å². The van der Waals surface area contributed by atoms with Crippen molar-refractivity contribution in [1.82, 2.24) is 5.32 Å². The summed E-state index contributed by atoms with van der Waals surface area (Å²) in [5.74, 6) is -0.193. The van der Waals surface area contributed by atoms with Gasteiger partial charge < -0.3 is 15.2 Å². The molecule has 0 aliphatic heterocycles. The summed E-state index contributed by atoms with van der Waals surface area (Å²) in [6, 6.07) is 5.16. The minimum Gasteiger partial charge on any atom is -0.391 e. The highest BCUT2D eigenvalue weighted by Crippen LogP contribution is 2.16. The van der Waals surface area contributed by atoms with E-state index in [1.165, 1.54) is 7.11 Å². The van der Waals surface area contributed by atoms with Crippen molar-refractivity contribution in [2.75, 3.05) is 20.3 Å². The Morgan fingerprint density at radius 3 is 2.89 bits per heavy atom. The Labute approximate surface area is 112 Å². The molecular formula is C13H18ClNO3. The summed E-state index contributed by atoms with van der Waals surface area (Å²) in [7, 11) is 1.52. The van der Waals surface area contributed by atoms with Gasteiger partial charge in [0.25, 0.3) is 5.91 Å². The highest BCUT2D eigenvalue weighted by molar-refractivity contribution is 6.31. The summed E-state index contributed by atoms with van der Waals surface area (Å²) in [6.07, 6.45) is -0.101. The standard InChI is InChI=1S/C13H18ClNO3/c1-9-3-4-10(7-12(9)14)13(17)15-6-5-11(16)8-18-2/h3-4,7,11,16H,5-6,8H2,1-2H3,(H,15,17). The van der Waals surface area contributed by atoms with Gasteiger partial charge in [-0.15, -0.1) is 0 Å². The van der Waals surface area contributed by atoms with Gasteiger partial charge in [-0.3, -0.25) is 4.79 Å². The van der Waals surface area contributed by atoms with E-state index in [0.29, 0.717) is 23.6 Å². The number of rotatable bonds is 6. The molecule has 0 aromatic heterocycles. The number of hydrogen-bond acceptors (Lipinski definition) is 3. The number of benzene rings is 1. The molecule has 1 amide bonds. The quantitative estimate of drug-likeness (QED) is 0.829. The fourth-order valence-electron chi connectivity index (χ4n) is 1.46. The molecule has 5 heteroatoms. The van der Waals surface area contributed by atoms with Crippen LogP contribution in [0.1, 0.15) is 22.3 Å². The van der Waals surface area contributed by atoms with E-state index in [1.54, 1.807) is 18.2 Å². The highest BCUT2D eigenvalue weighted by Gasteiger charge is 2.08. The number of carbonyl (C=O) groups is 1. The van der Waals surface area contributed by atoms with Crippen molar-refractivity contribution in [2.45, 2.75) is 19.4 Å². The summed E-state index contributed by atoms with van der Waals surface area (Å²) in [6.45, 7) is 2.55. The van der Waals surface area contributed by atoms with Crippen LogP contribution < -0.4 is 5.32 Å². The molecule has 1 unspecified atom stereocenters. The third-order valence-electron chi connectivity index (χ3n) is 2.56. The van der Waals surface area contributed by atoms with E-state index in [0.717, 1.165) is 5.56 Å². The zero-order valence-corrected chi connectivity index (χ0v) is 11.3. The maximum Gasteiger partial charge on any atom is 0.251 e. The molecule has 1 rings (SSSR count). The number of aryl methyl sites for hydroxylation is 1. The van der Waals surface area contributed by atoms with Crippen molar-refractivity contribution in [3.05, 3.63) is 34.3 Å². The highest BCUT2D eigenvalue weighted by atomic mass is 35.5. The lowest BCUT2D eigenvalue weighted by Gasteiger charge is -2.10. The van der Waals surface area contributed by atoms with Gasteiger partial charge in [-0.25, -0.2) is 0 Å². The lowest BCUT2D eigenvalue weighted by molar-refractivity contribution is 0.0587. The minimum absolute atomic E-state index is 0.193. The average molecular weight is 272 g/mol. The van der Waals surface area contributed by atoms with E-state index >= 15 is 0 Å². The van der Waals surface area contributed by atoms with E-state index < -0.39 is 6.10 Å². The second-order valence-corrected chi connectivity index (χ2v) is 4.52. The molecule has 1 atom stereocenters. The largest absolute Gasteiger partial charge is 0.391 e. The fourth-order valence-corrected chi connectivity index (χ4v) is 1.64. The molecule has 0 fully saturated rings. The van der Waals surface area contributed by atoms with Crippen LogP contribution in [0.4, 0.5) is 0 Å². The summed E-state index contributed by atoms with van der Waals surface area (Å²) >= 11 is 5.95. The molecule has 100 valence electrons. The normalized spacial score (nSPS) is 12.2. The summed E-state index contributed by atoms with van der Waals surface area (Å²) in [5, 5.41) is 12.7. The Kier molecular flexibility index (Phi) is 6.12. The first-order valence-electron chi connectivity index (χ1n) is 5.76. The van der Waals surface area contributed by atoms with Crippen LogP contribution in [0.5, 0.6) is 0 Å². The van der Waals surface area contributed by atoms with Crippen LogP contribution in [0.15, 0.2) is 18.2 Å². The molecule has 0 aliphatic carbocycles. The maximum absolute atomic E-state index is 11.8. The Morgan fingerprint density at radius 1 is 1.56 bits per heavy atom. The van der Waals surface area contributed by atoms with E-state index in [9.17, 15) is 9.90 Å². The Morgan fingerprint density at radius 2 is 2.28 bits per heavy atom. The van der Waals surface area contributed by atoms with Crippen molar-refractivity contribution in [2.24, 2.45) is 0 Å². The molecule has 0 radical (unpaired) electrons. The van der Waals surface area contributed by atoms with Gasteiger partial charge in [0.05, 0.1) is 12.7 Å². The third-order valence-corrected chi connectivity index (χ3v) is 2.96. The van der Waals surface area contributed by atoms with Crippen molar-refractivity contribution in [1.29, 1.82) is 0 Å². The van der Waals surface area contributed by atoms with Crippen LogP contribution in [0.3, 0.4) is 0 Å². The van der Waals surface area contributed by atoms with E-state index in [1.807, 2.05) is 6.92 Å². The van der Waals surface area contributed by atoms with Gasteiger partial charge in [0.15, 0.2) is 0 Å².